The molecule has 1 saturated carbocycles. The van der Waals surface area contributed by atoms with Crippen molar-refractivity contribution in [3.05, 3.63) is 11.7 Å². The van der Waals surface area contributed by atoms with Crippen molar-refractivity contribution in [1.82, 2.24) is 19.9 Å². The molecule has 0 aromatic carbocycles. The zero-order valence-electron chi connectivity index (χ0n) is 12.4. The normalized spacial score (nSPS) is 22.3. The Hall–Kier alpha value is -1.47. The minimum absolute atomic E-state index is 0.288. The summed E-state index contributed by atoms with van der Waals surface area (Å²) in [4.78, 5) is 20.1. The van der Waals surface area contributed by atoms with Gasteiger partial charge < -0.3 is 9.63 Å². The van der Waals surface area contributed by atoms with Crippen molar-refractivity contribution in [3.8, 4) is 0 Å². The first-order chi connectivity index (χ1) is 10.2. The van der Waals surface area contributed by atoms with Gasteiger partial charge in [0.15, 0.2) is 5.82 Å². The van der Waals surface area contributed by atoms with Crippen molar-refractivity contribution >= 4 is 5.97 Å². The average molecular weight is 294 g/mol. The van der Waals surface area contributed by atoms with E-state index in [2.05, 4.69) is 19.9 Å². The fourth-order valence-corrected chi connectivity index (χ4v) is 2.97. The number of aromatic nitrogens is 2. The zero-order chi connectivity index (χ0) is 14.8. The van der Waals surface area contributed by atoms with Crippen LogP contribution in [0.5, 0.6) is 0 Å². The molecule has 21 heavy (non-hydrogen) atoms. The van der Waals surface area contributed by atoms with Crippen molar-refractivity contribution < 1.29 is 14.4 Å². The second kappa shape index (κ2) is 6.11. The number of hydrogen-bond acceptors (Lipinski definition) is 6. The Morgan fingerprint density at radius 1 is 1.38 bits per heavy atom. The molecule has 1 N–H and O–H groups in total. The molecule has 2 fully saturated rings. The predicted molar refractivity (Wildman–Crippen MR) is 74.7 cm³/mol. The lowest BCUT2D eigenvalue weighted by molar-refractivity contribution is -0.145. The summed E-state index contributed by atoms with van der Waals surface area (Å²) in [5, 5.41) is 13.3. The number of piperazine rings is 1. The van der Waals surface area contributed by atoms with Crippen LogP contribution in [0.2, 0.25) is 0 Å². The van der Waals surface area contributed by atoms with Crippen molar-refractivity contribution in [2.45, 2.75) is 38.8 Å². The highest BCUT2D eigenvalue weighted by Gasteiger charge is 2.41. The zero-order valence-corrected chi connectivity index (χ0v) is 12.4. The molecule has 0 spiro atoms. The Labute approximate surface area is 123 Å². The van der Waals surface area contributed by atoms with E-state index in [1.54, 1.807) is 0 Å². The minimum atomic E-state index is -0.670. The molecule has 116 valence electrons. The van der Waals surface area contributed by atoms with Gasteiger partial charge in [-0.2, -0.15) is 4.98 Å². The van der Waals surface area contributed by atoms with Crippen molar-refractivity contribution in [3.63, 3.8) is 0 Å². The van der Waals surface area contributed by atoms with E-state index in [1.807, 2.05) is 6.92 Å². The van der Waals surface area contributed by atoms with Gasteiger partial charge in [0.1, 0.15) is 6.04 Å². The van der Waals surface area contributed by atoms with Crippen LogP contribution in [0.25, 0.3) is 0 Å². The second-order valence-corrected chi connectivity index (χ2v) is 5.89. The Bertz CT molecular complexity index is 492. The van der Waals surface area contributed by atoms with Crippen LogP contribution in [0, 0.1) is 5.92 Å². The lowest BCUT2D eigenvalue weighted by atomic mass is 10.1. The number of rotatable bonds is 6. The monoisotopic (exact) mass is 294 g/mol. The third-order valence-electron chi connectivity index (χ3n) is 4.30. The first-order valence-electron chi connectivity index (χ1n) is 7.68. The fraction of sp³-hybridized carbons (Fsp3) is 0.786. The second-order valence-electron chi connectivity index (χ2n) is 5.89. The van der Waals surface area contributed by atoms with E-state index in [9.17, 15) is 9.90 Å². The van der Waals surface area contributed by atoms with E-state index in [-0.39, 0.29) is 6.04 Å². The molecule has 1 aromatic heterocycles. The van der Waals surface area contributed by atoms with E-state index < -0.39 is 5.97 Å². The number of nitrogens with zero attached hydrogens (tertiary/aromatic N) is 4. The van der Waals surface area contributed by atoms with E-state index >= 15 is 0 Å². The summed E-state index contributed by atoms with van der Waals surface area (Å²) in [5.41, 5.74) is 0. The summed E-state index contributed by atoms with van der Waals surface area (Å²) >= 11 is 0. The lowest BCUT2D eigenvalue weighted by Crippen LogP contribution is -2.53. The molecule has 7 heteroatoms. The van der Waals surface area contributed by atoms with Gasteiger partial charge in [-0.15, -0.1) is 0 Å². The van der Waals surface area contributed by atoms with Crippen LogP contribution in [0.15, 0.2) is 4.52 Å². The molecule has 0 amide bonds. The lowest BCUT2D eigenvalue weighted by Gasteiger charge is -2.37. The minimum Gasteiger partial charge on any atom is -0.480 e. The van der Waals surface area contributed by atoms with Crippen molar-refractivity contribution in [2.24, 2.45) is 5.92 Å². The van der Waals surface area contributed by atoms with Crippen LogP contribution in [0.4, 0.5) is 0 Å². The van der Waals surface area contributed by atoms with Crippen LogP contribution in [-0.2, 0) is 17.8 Å². The summed E-state index contributed by atoms with van der Waals surface area (Å²) in [5.74, 6) is 1.08. The quantitative estimate of drug-likeness (QED) is 0.823. The molecule has 2 aliphatic rings. The largest absolute Gasteiger partial charge is 0.480 e. The van der Waals surface area contributed by atoms with E-state index in [4.69, 9.17) is 4.52 Å². The molecule has 1 saturated heterocycles. The predicted octanol–water partition coefficient (Wildman–Crippen LogP) is 0.613. The molecular weight excluding hydrogens is 272 g/mol. The summed E-state index contributed by atoms with van der Waals surface area (Å²) in [6, 6.07) is -0.288. The van der Waals surface area contributed by atoms with Gasteiger partial charge in [-0.05, 0) is 18.8 Å². The number of aliphatic carboxylic acids is 1. The highest BCUT2D eigenvalue weighted by molar-refractivity contribution is 5.74. The molecule has 1 aliphatic heterocycles. The molecular formula is C14H22N4O3. The molecule has 1 aromatic rings. The topological polar surface area (TPSA) is 82.7 Å². The number of carboxylic acid groups (broad SMARTS) is 1. The Morgan fingerprint density at radius 2 is 2.10 bits per heavy atom. The molecule has 2 heterocycles. The van der Waals surface area contributed by atoms with Gasteiger partial charge in [-0.1, -0.05) is 12.1 Å². The van der Waals surface area contributed by atoms with E-state index in [0.717, 1.165) is 51.3 Å². The molecule has 7 nitrogen and oxygen atoms in total. The first-order valence-corrected chi connectivity index (χ1v) is 7.68. The first kappa shape index (κ1) is 14.5. The maximum absolute atomic E-state index is 11.4. The van der Waals surface area contributed by atoms with Gasteiger partial charge in [-0.3, -0.25) is 14.6 Å². The van der Waals surface area contributed by atoms with Gasteiger partial charge in [-0.25, -0.2) is 0 Å². The van der Waals surface area contributed by atoms with Gasteiger partial charge >= 0.3 is 5.97 Å². The van der Waals surface area contributed by atoms with Crippen molar-refractivity contribution in [2.75, 3.05) is 26.2 Å². The highest BCUT2D eigenvalue weighted by Crippen LogP contribution is 2.35. The summed E-state index contributed by atoms with van der Waals surface area (Å²) in [6.07, 6.45) is 2.86. The fourth-order valence-electron chi connectivity index (χ4n) is 2.97. The Kier molecular flexibility index (Phi) is 4.21. The summed E-state index contributed by atoms with van der Waals surface area (Å²) < 4.78 is 5.11. The van der Waals surface area contributed by atoms with Crippen molar-refractivity contribution in [1.29, 1.82) is 0 Å². The maximum Gasteiger partial charge on any atom is 0.321 e. The average Bonchev–Trinajstić information content (AvgIpc) is 3.19. The summed E-state index contributed by atoms with van der Waals surface area (Å²) in [7, 11) is 0. The summed E-state index contributed by atoms with van der Waals surface area (Å²) in [6.45, 7) is 5.97. The number of carboxylic acids is 1. The Balaban J connectivity index is 1.51. The van der Waals surface area contributed by atoms with Crippen LogP contribution < -0.4 is 0 Å². The molecule has 0 radical (unpaired) electrons. The molecule has 3 rings (SSSR count). The van der Waals surface area contributed by atoms with Gasteiger partial charge in [0.25, 0.3) is 0 Å². The Morgan fingerprint density at radius 3 is 2.62 bits per heavy atom. The standard InChI is InChI=1S/C14H22N4O3/c1-2-12-15-11(16-21-12)9-17-5-7-18(8-6-17)13(14(19)20)10-3-4-10/h10,13H,2-9H2,1H3,(H,19,20). The highest BCUT2D eigenvalue weighted by atomic mass is 16.5. The van der Waals surface area contributed by atoms with Crippen LogP contribution >= 0.6 is 0 Å². The third-order valence-corrected chi connectivity index (χ3v) is 4.30. The maximum atomic E-state index is 11.4. The SMILES string of the molecule is CCc1nc(CN2CCN(C(C(=O)O)C3CC3)CC2)no1. The van der Waals surface area contributed by atoms with E-state index in [0.29, 0.717) is 18.4 Å². The smallest absolute Gasteiger partial charge is 0.321 e. The molecule has 0 bridgehead atoms. The molecule has 1 atom stereocenters. The number of carbonyl (C=O) groups is 1. The number of aryl methyl sites for hydroxylation is 1. The number of hydrogen-bond donors (Lipinski definition) is 1. The van der Waals surface area contributed by atoms with E-state index in [1.165, 1.54) is 0 Å². The van der Waals surface area contributed by atoms with Crippen LogP contribution in [0.3, 0.4) is 0 Å². The van der Waals surface area contributed by atoms with Crippen LogP contribution in [0.1, 0.15) is 31.5 Å². The van der Waals surface area contributed by atoms with Gasteiger partial charge in [0.2, 0.25) is 5.89 Å². The van der Waals surface area contributed by atoms with Gasteiger partial charge in [0.05, 0.1) is 6.54 Å². The molecule has 1 unspecified atom stereocenters. The van der Waals surface area contributed by atoms with Gasteiger partial charge in [0, 0.05) is 32.6 Å². The third kappa shape index (κ3) is 3.41. The van der Waals surface area contributed by atoms with Crippen LogP contribution in [-0.4, -0.2) is 63.2 Å². The molecule has 1 aliphatic carbocycles.